The van der Waals surface area contributed by atoms with Crippen LogP contribution in [0.5, 0.6) is 0 Å². The maximum absolute atomic E-state index is 11.8. The highest BCUT2D eigenvalue weighted by atomic mass is 16.6. The monoisotopic (exact) mass is 244 g/mol. The Labute approximate surface area is 103 Å². The third-order valence-electron chi connectivity index (χ3n) is 2.55. The lowest BCUT2D eigenvalue weighted by molar-refractivity contribution is 0.0110. The van der Waals surface area contributed by atoms with Crippen molar-refractivity contribution in [2.24, 2.45) is 0 Å². The summed E-state index contributed by atoms with van der Waals surface area (Å²) in [6.07, 6.45) is -0.558. The molecule has 100 valence electrons. The molecule has 0 aromatic rings. The Kier molecular flexibility index (Phi) is 4.77. The van der Waals surface area contributed by atoms with Crippen molar-refractivity contribution in [2.45, 2.75) is 39.4 Å². The van der Waals surface area contributed by atoms with Crippen molar-refractivity contribution in [1.29, 1.82) is 0 Å². The van der Waals surface area contributed by atoms with Gasteiger partial charge in [-0.25, -0.2) is 4.79 Å². The first-order valence-electron chi connectivity index (χ1n) is 6.16. The van der Waals surface area contributed by atoms with Crippen LogP contribution >= 0.6 is 0 Å². The number of piperazine rings is 1. The Balaban J connectivity index is 2.34. The van der Waals surface area contributed by atoms with Gasteiger partial charge in [0.25, 0.3) is 0 Å². The number of rotatable bonds is 2. The molecule has 0 aromatic carbocycles. The zero-order valence-corrected chi connectivity index (χ0v) is 11.3. The first-order chi connectivity index (χ1) is 7.78. The standard InChI is InChI=1S/C12H24N2O3/c1-10(15)9-13-5-7-14(8-6-13)11(16)17-12(2,3)4/h10,15H,5-9H2,1-4H3. The summed E-state index contributed by atoms with van der Waals surface area (Å²) in [7, 11) is 0. The molecule has 1 aliphatic rings. The number of aliphatic hydroxyl groups is 1. The molecule has 1 unspecified atom stereocenters. The minimum atomic E-state index is -0.437. The van der Waals surface area contributed by atoms with E-state index in [-0.39, 0.29) is 12.2 Å². The Morgan fingerprint density at radius 3 is 2.24 bits per heavy atom. The van der Waals surface area contributed by atoms with E-state index in [1.54, 1.807) is 11.8 Å². The first kappa shape index (κ1) is 14.3. The van der Waals surface area contributed by atoms with Crippen molar-refractivity contribution in [3.63, 3.8) is 0 Å². The molecule has 0 spiro atoms. The molecule has 1 saturated heterocycles. The second kappa shape index (κ2) is 5.69. The third-order valence-corrected chi connectivity index (χ3v) is 2.55. The largest absolute Gasteiger partial charge is 0.444 e. The summed E-state index contributed by atoms with van der Waals surface area (Å²) in [4.78, 5) is 15.7. The number of carbonyl (C=O) groups is 1. The Hall–Kier alpha value is -0.810. The second-order valence-corrected chi connectivity index (χ2v) is 5.62. The van der Waals surface area contributed by atoms with E-state index in [9.17, 15) is 9.90 Å². The van der Waals surface area contributed by atoms with Crippen LogP contribution < -0.4 is 0 Å². The van der Waals surface area contributed by atoms with Crippen LogP contribution in [-0.2, 0) is 4.74 Å². The van der Waals surface area contributed by atoms with Gasteiger partial charge in [0, 0.05) is 32.7 Å². The molecule has 5 nitrogen and oxygen atoms in total. The van der Waals surface area contributed by atoms with Crippen molar-refractivity contribution >= 4 is 6.09 Å². The fourth-order valence-corrected chi connectivity index (χ4v) is 1.81. The van der Waals surface area contributed by atoms with Gasteiger partial charge in [0.05, 0.1) is 6.10 Å². The van der Waals surface area contributed by atoms with Gasteiger partial charge in [-0.05, 0) is 27.7 Å². The third kappa shape index (κ3) is 5.37. The van der Waals surface area contributed by atoms with E-state index in [1.807, 2.05) is 20.8 Å². The number of hydrogen-bond donors (Lipinski definition) is 1. The number of aliphatic hydroxyl groups excluding tert-OH is 1. The van der Waals surface area contributed by atoms with Crippen molar-refractivity contribution in [3.8, 4) is 0 Å². The van der Waals surface area contributed by atoms with Crippen LogP contribution in [0.1, 0.15) is 27.7 Å². The SMILES string of the molecule is CC(O)CN1CCN(C(=O)OC(C)(C)C)CC1. The predicted octanol–water partition coefficient (Wildman–Crippen LogP) is 0.920. The van der Waals surface area contributed by atoms with Crippen molar-refractivity contribution in [2.75, 3.05) is 32.7 Å². The van der Waals surface area contributed by atoms with E-state index < -0.39 is 5.60 Å². The van der Waals surface area contributed by atoms with Gasteiger partial charge >= 0.3 is 6.09 Å². The molecule has 1 heterocycles. The lowest BCUT2D eigenvalue weighted by Gasteiger charge is -2.35. The molecule has 1 aliphatic heterocycles. The maximum Gasteiger partial charge on any atom is 0.410 e. The number of amides is 1. The van der Waals surface area contributed by atoms with Crippen LogP contribution in [0.3, 0.4) is 0 Å². The zero-order chi connectivity index (χ0) is 13.1. The highest BCUT2D eigenvalue weighted by molar-refractivity contribution is 5.68. The molecule has 1 atom stereocenters. The van der Waals surface area contributed by atoms with Gasteiger partial charge in [0.2, 0.25) is 0 Å². The average molecular weight is 244 g/mol. The van der Waals surface area contributed by atoms with E-state index in [0.29, 0.717) is 19.6 Å². The van der Waals surface area contributed by atoms with Crippen molar-refractivity contribution in [3.05, 3.63) is 0 Å². The summed E-state index contributed by atoms with van der Waals surface area (Å²) in [5.41, 5.74) is -0.437. The van der Waals surface area contributed by atoms with Crippen LogP contribution in [-0.4, -0.2) is 65.4 Å². The van der Waals surface area contributed by atoms with Gasteiger partial charge in [-0.1, -0.05) is 0 Å². The van der Waals surface area contributed by atoms with Crippen LogP contribution in [0.4, 0.5) is 4.79 Å². The molecule has 5 heteroatoms. The summed E-state index contributed by atoms with van der Waals surface area (Å²) in [6, 6.07) is 0. The molecule has 1 fully saturated rings. The Morgan fingerprint density at radius 2 is 1.82 bits per heavy atom. The number of carbonyl (C=O) groups excluding carboxylic acids is 1. The normalized spacial score (nSPS) is 20.2. The maximum atomic E-state index is 11.8. The lowest BCUT2D eigenvalue weighted by atomic mass is 10.2. The summed E-state index contributed by atoms with van der Waals surface area (Å²) < 4.78 is 5.31. The van der Waals surface area contributed by atoms with Crippen LogP contribution in [0.15, 0.2) is 0 Å². The Bertz CT molecular complexity index is 253. The first-order valence-corrected chi connectivity index (χ1v) is 6.16. The minimum absolute atomic E-state index is 0.241. The summed E-state index contributed by atoms with van der Waals surface area (Å²) in [5, 5.41) is 9.29. The molecular formula is C12H24N2O3. The van der Waals surface area contributed by atoms with Gasteiger partial charge in [0.15, 0.2) is 0 Å². The van der Waals surface area contributed by atoms with Crippen molar-refractivity contribution in [1.82, 2.24) is 9.80 Å². The molecule has 1 N–H and O–H groups in total. The molecule has 0 radical (unpaired) electrons. The number of hydrogen-bond acceptors (Lipinski definition) is 4. The summed E-state index contributed by atoms with van der Waals surface area (Å²) in [6.45, 7) is 11.0. The zero-order valence-electron chi connectivity index (χ0n) is 11.3. The fraction of sp³-hybridized carbons (Fsp3) is 0.917. The van der Waals surface area contributed by atoms with Gasteiger partial charge in [0.1, 0.15) is 5.60 Å². The van der Waals surface area contributed by atoms with E-state index in [0.717, 1.165) is 13.1 Å². The molecule has 1 amide bonds. The summed E-state index contributed by atoms with van der Waals surface area (Å²) >= 11 is 0. The lowest BCUT2D eigenvalue weighted by Crippen LogP contribution is -2.51. The van der Waals surface area contributed by atoms with E-state index in [2.05, 4.69) is 4.90 Å². The highest BCUT2D eigenvalue weighted by Crippen LogP contribution is 2.11. The average Bonchev–Trinajstić information content (AvgIpc) is 2.15. The summed E-state index contributed by atoms with van der Waals surface area (Å²) in [5.74, 6) is 0. The molecule has 0 aromatic heterocycles. The Morgan fingerprint density at radius 1 is 1.29 bits per heavy atom. The van der Waals surface area contributed by atoms with Crippen LogP contribution in [0.2, 0.25) is 0 Å². The van der Waals surface area contributed by atoms with Crippen LogP contribution in [0, 0.1) is 0 Å². The van der Waals surface area contributed by atoms with Gasteiger partial charge in [-0.15, -0.1) is 0 Å². The van der Waals surface area contributed by atoms with Crippen molar-refractivity contribution < 1.29 is 14.6 Å². The highest BCUT2D eigenvalue weighted by Gasteiger charge is 2.25. The van der Waals surface area contributed by atoms with Gasteiger partial charge in [-0.3, -0.25) is 4.90 Å². The fourth-order valence-electron chi connectivity index (χ4n) is 1.81. The van der Waals surface area contributed by atoms with Crippen LogP contribution in [0.25, 0.3) is 0 Å². The molecule has 0 bridgehead atoms. The molecule has 17 heavy (non-hydrogen) atoms. The topological polar surface area (TPSA) is 53.0 Å². The minimum Gasteiger partial charge on any atom is -0.444 e. The quantitative estimate of drug-likeness (QED) is 0.785. The molecule has 1 rings (SSSR count). The smallest absolute Gasteiger partial charge is 0.410 e. The number of β-amino-alcohol motifs (C(OH)–C–C–N with tert-alkyl or cyclic N) is 1. The molecular weight excluding hydrogens is 220 g/mol. The van der Waals surface area contributed by atoms with Gasteiger partial charge < -0.3 is 14.7 Å². The second-order valence-electron chi connectivity index (χ2n) is 5.62. The van der Waals surface area contributed by atoms with Gasteiger partial charge in [-0.2, -0.15) is 0 Å². The number of ether oxygens (including phenoxy) is 1. The molecule has 0 aliphatic carbocycles. The van der Waals surface area contributed by atoms with E-state index >= 15 is 0 Å². The van der Waals surface area contributed by atoms with E-state index in [1.165, 1.54) is 0 Å². The predicted molar refractivity (Wildman–Crippen MR) is 65.9 cm³/mol. The molecule has 0 saturated carbocycles. The van der Waals surface area contributed by atoms with E-state index in [4.69, 9.17) is 4.74 Å². The number of nitrogens with zero attached hydrogens (tertiary/aromatic N) is 2.